The maximum Gasteiger partial charge on any atom is 0.387 e. The number of nitrogens with one attached hydrogen (secondary N) is 2. The number of halogens is 2. The highest BCUT2D eigenvalue weighted by Gasteiger charge is 2.15. The summed E-state index contributed by atoms with van der Waals surface area (Å²) in [5.74, 6) is 0.997. The summed E-state index contributed by atoms with van der Waals surface area (Å²) in [6.45, 7) is 1.50. The molecule has 0 unspecified atom stereocenters. The minimum Gasteiger partial charge on any atom is -0.490 e. The van der Waals surface area contributed by atoms with Crippen LogP contribution in [0.3, 0.4) is 0 Å². The highest BCUT2D eigenvalue weighted by Crippen LogP contribution is 2.32. The maximum atomic E-state index is 12.8. The number of aliphatic imine (C=N–C) groups is 1. The third-order valence-electron chi connectivity index (χ3n) is 4.31. The Morgan fingerprint density at radius 1 is 1.10 bits per heavy atom. The molecule has 0 bridgehead atoms. The largest absolute Gasteiger partial charge is 0.490 e. The van der Waals surface area contributed by atoms with E-state index in [9.17, 15) is 8.78 Å². The molecule has 0 aliphatic rings. The average Bonchev–Trinajstić information content (AvgIpc) is 2.67. The molecule has 8 heteroatoms. The van der Waals surface area contributed by atoms with Gasteiger partial charge in [-0.05, 0) is 46.5 Å². The Hall–Kier alpha value is -2.09. The molecule has 0 amide bonds. The third kappa shape index (κ3) is 10.9. The van der Waals surface area contributed by atoms with E-state index in [2.05, 4.69) is 34.6 Å². The minimum atomic E-state index is -2.91. The third-order valence-corrected chi connectivity index (χ3v) is 4.31. The van der Waals surface area contributed by atoms with Crippen molar-refractivity contribution in [3.05, 3.63) is 23.8 Å². The Bertz CT molecular complexity index is 598. The molecule has 0 heterocycles. The second kappa shape index (κ2) is 14.8. The van der Waals surface area contributed by atoms with Gasteiger partial charge in [-0.15, -0.1) is 0 Å². The Labute approximate surface area is 173 Å². The Morgan fingerprint density at radius 2 is 1.83 bits per heavy atom. The number of rotatable bonds is 14. The first-order valence-corrected chi connectivity index (χ1v) is 10.3. The lowest BCUT2D eigenvalue weighted by Gasteiger charge is -2.17. The van der Waals surface area contributed by atoms with E-state index in [-0.39, 0.29) is 5.75 Å². The highest BCUT2D eigenvalue weighted by molar-refractivity contribution is 5.79. The number of ether oxygens (including phenoxy) is 2. The van der Waals surface area contributed by atoms with Crippen molar-refractivity contribution >= 4 is 5.96 Å². The van der Waals surface area contributed by atoms with Crippen molar-refractivity contribution < 1.29 is 18.3 Å². The van der Waals surface area contributed by atoms with Crippen LogP contribution in [0, 0.1) is 0 Å². The van der Waals surface area contributed by atoms with Gasteiger partial charge in [0.05, 0.1) is 6.61 Å². The zero-order valence-corrected chi connectivity index (χ0v) is 18.1. The normalized spacial score (nSPS) is 11.8. The molecule has 166 valence electrons. The number of unbranched alkanes of at least 4 members (excludes halogenated alkanes) is 4. The number of guanidine groups is 1. The van der Waals surface area contributed by atoms with Crippen molar-refractivity contribution in [3.63, 3.8) is 0 Å². The van der Waals surface area contributed by atoms with Crippen molar-refractivity contribution in [1.29, 1.82) is 0 Å². The van der Waals surface area contributed by atoms with E-state index in [1.807, 2.05) is 0 Å². The van der Waals surface area contributed by atoms with Gasteiger partial charge in [0.2, 0.25) is 0 Å². The lowest BCUT2D eigenvalue weighted by molar-refractivity contribution is -0.0520. The minimum absolute atomic E-state index is 0.0602. The first-order valence-electron chi connectivity index (χ1n) is 10.3. The summed E-state index contributed by atoms with van der Waals surface area (Å²) in [6, 6.07) is 5.11. The summed E-state index contributed by atoms with van der Waals surface area (Å²) < 4.78 is 35.7. The van der Waals surface area contributed by atoms with Gasteiger partial charge >= 0.3 is 6.61 Å². The molecule has 0 aromatic heterocycles. The molecule has 6 nitrogen and oxygen atoms in total. The second-order valence-electron chi connectivity index (χ2n) is 6.98. The molecular weight excluding hydrogens is 378 g/mol. The molecule has 0 atom stereocenters. The van der Waals surface area contributed by atoms with Gasteiger partial charge in [0.15, 0.2) is 17.5 Å². The number of para-hydroxylation sites is 1. The zero-order chi connectivity index (χ0) is 21.5. The van der Waals surface area contributed by atoms with E-state index in [4.69, 9.17) is 9.47 Å². The monoisotopic (exact) mass is 414 g/mol. The fourth-order valence-corrected chi connectivity index (χ4v) is 2.88. The number of hydrogen-bond donors (Lipinski definition) is 2. The van der Waals surface area contributed by atoms with Crippen LogP contribution < -0.4 is 20.1 Å². The van der Waals surface area contributed by atoms with Gasteiger partial charge in [0.25, 0.3) is 0 Å². The van der Waals surface area contributed by atoms with Crippen LogP contribution in [0.1, 0.15) is 44.6 Å². The molecule has 0 spiro atoms. The van der Waals surface area contributed by atoms with E-state index < -0.39 is 6.61 Å². The molecule has 0 aliphatic heterocycles. The van der Waals surface area contributed by atoms with Crippen molar-refractivity contribution in [2.45, 2.75) is 52.2 Å². The van der Waals surface area contributed by atoms with E-state index in [1.165, 1.54) is 25.7 Å². The average molecular weight is 415 g/mol. The lowest BCUT2D eigenvalue weighted by Crippen LogP contribution is -2.37. The van der Waals surface area contributed by atoms with Crippen LogP contribution in [0.2, 0.25) is 0 Å². The van der Waals surface area contributed by atoms with Crippen molar-refractivity contribution in [2.24, 2.45) is 4.99 Å². The summed E-state index contributed by atoms with van der Waals surface area (Å²) in [5.41, 5.74) is 0.583. The van der Waals surface area contributed by atoms with Gasteiger partial charge in [-0.25, -0.2) is 0 Å². The predicted octanol–water partition coefficient (Wildman–Crippen LogP) is 3.86. The van der Waals surface area contributed by atoms with Crippen LogP contribution in [-0.4, -0.2) is 58.3 Å². The molecule has 0 fully saturated rings. The Morgan fingerprint density at radius 3 is 2.48 bits per heavy atom. The highest BCUT2D eigenvalue weighted by atomic mass is 19.3. The molecule has 0 radical (unpaired) electrons. The second-order valence-corrected chi connectivity index (χ2v) is 6.98. The summed E-state index contributed by atoms with van der Waals surface area (Å²) in [7, 11) is 5.88. The topological polar surface area (TPSA) is 58.1 Å². The predicted molar refractivity (Wildman–Crippen MR) is 114 cm³/mol. The SMILES string of the molecule is CCOc1cccc(CNC(=NC)NCCCCCCCN(C)C)c1OC(F)F. The zero-order valence-electron chi connectivity index (χ0n) is 18.1. The molecule has 1 rings (SSSR count). The van der Waals surface area contributed by atoms with Crippen molar-refractivity contribution in [2.75, 3.05) is 40.8 Å². The number of hydrogen-bond acceptors (Lipinski definition) is 4. The Kier molecular flexibility index (Phi) is 12.8. The lowest BCUT2D eigenvalue weighted by atomic mass is 10.1. The summed E-state index contributed by atoms with van der Waals surface area (Å²) >= 11 is 0. The fourth-order valence-electron chi connectivity index (χ4n) is 2.88. The van der Waals surface area contributed by atoms with Crippen LogP contribution in [0.5, 0.6) is 11.5 Å². The molecule has 0 saturated heterocycles. The van der Waals surface area contributed by atoms with Gasteiger partial charge in [-0.1, -0.05) is 31.4 Å². The van der Waals surface area contributed by atoms with Crippen LogP contribution in [0.4, 0.5) is 8.78 Å². The molecule has 2 N–H and O–H groups in total. The van der Waals surface area contributed by atoms with E-state index in [1.54, 1.807) is 32.2 Å². The Balaban J connectivity index is 2.43. The summed E-state index contributed by atoms with van der Waals surface area (Å²) in [6.07, 6.45) is 5.92. The van der Waals surface area contributed by atoms with Gasteiger partial charge in [0.1, 0.15) is 0 Å². The van der Waals surface area contributed by atoms with Gasteiger partial charge in [0, 0.05) is 25.7 Å². The van der Waals surface area contributed by atoms with Crippen LogP contribution in [0.25, 0.3) is 0 Å². The summed E-state index contributed by atoms with van der Waals surface area (Å²) in [5, 5.41) is 6.40. The number of alkyl halides is 2. The smallest absolute Gasteiger partial charge is 0.387 e. The number of nitrogens with zero attached hydrogens (tertiary/aromatic N) is 2. The van der Waals surface area contributed by atoms with Gasteiger partial charge in [-0.2, -0.15) is 8.78 Å². The van der Waals surface area contributed by atoms with E-state index >= 15 is 0 Å². The standard InChI is InChI=1S/C21H36F2N4O2/c1-5-28-18-13-11-12-17(19(18)29-20(22)23)16-26-21(24-2)25-14-9-7-6-8-10-15-27(3)4/h11-13,20H,5-10,14-16H2,1-4H3,(H2,24,25,26). The molecule has 0 saturated carbocycles. The molecule has 1 aromatic rings. The maximum absolute atomic E-state index is 12.8. The quantitative estimate of drug-likeness (QED) is 0.275. The van der Waals surface area contributed by atoms with Gasteiger partial charge < -0.3 is 25.0 Å². The van der Waals surface area contributed by atoms with E-state index in [0.29, 0.717) is 30.4 Å². The van der Waals surface area contributed by atoms with Crippen molar-refractivity contribution in [1.82, 2.24) is 15.5 Å². The molecular formula is C21H36F2N4O2. The molecule has 29 heavy (non-hydrogen) atoms. The van der Waals surface area contributed by atoms with Crippen molar-refractivity contribution in [3.8, 4) is 11.5 Å². The molecule has 1 aromatic carbocycles. The summed E-state index contributed by atoms with van der Waals surface area (Å²) in [4.78, 5) is 6.40. The van der Waals surface area contributed by atoms with E-state index in [0.717, 1.165) is 19.5 Å². The van der Waals surface area contributed by atoms with Crippen LogP contribution in [0.15, 0.2) is 23.2 Å². The molecule has 0 aliphatic carbocycles. The first kappa shape index (κ1) is 24.9. The number of benzene rings is 1. The first-order chi connectivity index (χ1) is 14.0. The van der Waals surface area contributed by atoms with Crippen LogP contribution in [-0.2, 0) is 6.54 Å². The fraction of sp³-hybridized carbons (Fsp3) is 0.667. The van der Waals surface area contributed by atoms with Gasteiger partial charge in [-0.3, -0.25) is 4.99 Å². The van der Waals surface area contributed by atoms with Crippen LogP contribution >= 0.6 is 0 Å².